The van der Waals surface area contributed by atoms with Crippen LogP contribution in [-0.4, -0.2) is 12.5 Å². The van der Waals surface area contributed by atoms with Crippen LogP contribution in [-0.2, 0) is 0 Å². The lowest BCUT2D eigenvalue weighted by Crippen LogP contribution is -2.15. The Labute approximate surface area is 129 Å². The number of nitrogens with one attached hydrogen (secondary N) is 2. The summed E-state index contributed by atoms with van der Waals surface area (Å²) < 4.78 is 26.9. The molecular weight excluding hydrogens is 342 g/mol. The normalized spacial score (nSPS) is 10.3. The minimum atomic E-state index is -0.829. The molecule has 0 atom stereocenters. The number of amides is 1. The quantitative estimate of drug-likeness (QED) is 0.798. The average Bonchev–Trinajstić information content (AvgIpc) is 2.45. The van der Waals surface area contributed by atoms with Crippen molar-refractivity contribution < 1.29 is 13.6 Å². The van der Waals surface area contributed by atoms with Gasteiger partial charge in [-0.3, -0.25) is 4.79 Å². The molecule has 2 aromatic rings. The van der Waals surface area contributed by atoms with Crippen molar-refractivity contribution in [3.63, 3.8) is 0 Å². The largest absolute Gasteiger partial charge is 0.385 e. The Bertz CT molecular complexity index is 677. The van der Waals surface area contributed by atoms with Crippen LogP contribution in [0.4, 0.5) is 20.2 Å². The van der Waals surface area contributed by atoms with E-state index in [0.29, 0.717) is 17.8 Å². The molecule has 0 aliphatic heterocycles. The van der Waals surface area contributed by atoms with E-state index in [1.165, 1.54) is 6.07 Å². The van der Waals surface area contributed by atoms with Gasteiger partial charge in [0.2, 0.25) is 0 Å². The molecule has 2 N–H and O–H groups in total. The van der Waals surface area contributed by atoms with Gasteiger partial charge in [-0.25, -0.2) is 8.78 Å². The summed E-state index contributed by atoms with van der Waals surface area (Å²) in [5, 5.41) is 5.50. The fourth-order valence-electron chi connectivity index (χ4n) is 1.83. The van der Waals surface area contributed by atoms with Gasteiger partial charge in [0.05, 0.1) is 15.7 Å². The van der Waals surface area contributed by atoms with Crippen LogP contribution < -0.4 is 10.6 Å². The molecular formula is C15H13BrF2N2O. The summed E-state index contributed by atoms with van der Waals surface area (Å²) in [6.07, 6.45) is 0. The molecule has 0 bridgehead atoms. The summed E-state index contributed by atoms with van der Waals surface area (Å²) in [6.45, 7) is 2.56. The number of carbonyl (C=O) groups excluding carboxylic acids is 1. The topological polar surface area (TPSA) is 41.1 Å². The molecule has 21 heavy (non-hydrogen) atoms. The van der Waals surface area contributed by atoms with E-state index in [4.69, 9.17) is 0 Å². The van der Waals surface area contributed by atoms with E-state index >= 15 is 0 Å². The highest BCUT2D eigenvalue weighted by atomic mass is 79.9. The molecule has 2 aromatic carbocycles. The van der Waals surface area contributed by atoms with Gasteiger partial charge < -0.3 is 10.6 Å². The van der Waals surface area contributed by atoms with Gasteiger partial charge in [0.1, 0.15) is 11.6 Å². The average molecular weight is 355 g/mol. The highest BCUT2D eigenvalue weighted by Crippen LogP contribution is 2.25. The number of anilines is 2. The number of carbonyl (C=O) groups is 1. The molecule has 3 nitrogen and oxygen atoms in total. The van der Waals surface area contributed by atoms with Crippen molar-refractivity contribution in [3.8, 4) is 0 Å². The second kappa shape index (κ2) is 6.67. The zero-order chi connectivity index (χ0) is 15.4. The van der Waals surface area contributed by atoms with Crippen molar-refractivity contribution in [2.75, 3.05) is 17.2 Å². The lowest BCUT2D eigenvalue weighted by Gasteiger charge is -2.12. The van der Waals surface area contributed by atoms with Crippen LogP contribution >= 0.6 is 15.9 Å². The summed E-state index contributed by atoms with van der Waals surface area (Å²) in [7, 11) is 0. The van der Waals surface area contributed by atoms with Crippen LogP contribution in [0.15, 0.2) is 40.9 Å². The SMILES string of the molecule is CCNc1ccccc1C(=O)Nc1cc(Br)c(F)cc1F. The summed E-state index contributed by atoms with van der Waals surface area (Å²) in [5.41, 5.74) is 0.956. The van der Waals surface area contributed by atoms with Crippen molar-refractivity contribution in [3.05, 3.63) is 58.1 Å². The van der Waals surface area contributed by atoms with Crippen molar-refractivity contribution in [1.29, 1.82) is 0 Å². The number of halogens is 3. The summed E-state index contributed by atoms with van der Waals surface area (Å²) in [5.74, 6) is -2.02. The molecule has 1 amide bonds. The van der Waals surface area contributed by atoms with Gasteiger partial charge >= 0.3 is 0 Å². The third-order valence-electron chi connectivity index (χ3n) is 2.80. The smallest absolute Gasteiger partial charge is 0.257 e. The Morgan fingerprint density at radius 1 is 1.14 bits per heavy atom. The minimum Gasteiger partial charge on any atom is -0.385 e. The molecule has 0 aliphatic carbocycles. The fourth-order valence-corrected chi connectivity index (χ4v) is 2.18. The number of hydrogen-bond acceptors (Lipinski definition) is 2. The highest BCUT2D eigenvalue weighted by Gasteiger charge is 2.14. The first-order valence-corrected chi connectivity index (χ1v) is 7.11. The Morgan fingerprint density at radius 2 is 1.86 bits per heavy atom. The fraction of sp³-hybridized carbons (Fsp3) is 0.133. The molecule has 0 aliphatic rings. The first-order chi connectivity index (χ1) is 10.0. The number of benzene rings is 2. The van der Waals surface area contributed by atoms with Crippen LogP contribution in [0.5, 0.6) is 0 Å². The summed E-state index contributed by atoms with van der Waals surface area (Å²) in [4.78, 5) is 12.2. The first-order valence-electron chi connectivity index (χ1n) is 6.31. The maximum atomic E-state index is 13.7. The molecule has 6 heteroatoms. The molecule has 0 saturated carbocycles. The number of rotatable bonds is 4. The van der Waals surface area contributed by atoms with Crippen LogP contribution in [0.3, 0.4) is 0 Å². The van der Waals surface area contributed by atoms with Crippen molar-refractivity contribution in [1.82, 2.24) is 0 Å². The summed E-state index contributed by atoms with van der Waals surface area (Å²) in [6, 6.07) is 8.81. The van der Waals surface area contributed by atoms with Crippen LogP contribution in [0.25, 0.3) is 0 Å². The van der Waals surface area contributed by atoms with E-state index in [9.17, 15) is 13.6 Å². The van der Waals surface area contributed by atoms with E-state index in [0.717, 1.165) is 6.07 Å². The van der Waals surface area contributed by atoms with Crippen LogP contribution in [0.1, 0.15) is 17.3 Å². The van der Waals surface area contributed by atoms with E-state index < -0.39 is 17.5 Å². The second-order valence-corrected chi connectivity index (χ2v) is 5.13. The second-order valence-electron chi connectivity index (χ2n) is 4.28. The Hall–Kier alpha value is -1.95. The molecule has 0 radical (unpaired) electrons. The molecule has 0 unspecified atom stereocenters. The molecule has 110 valence electrons. The predicted octanol–water partition coefficient (Wildman–Crippen LogP) is 4.41. The Balaban J connectivity index is 2.28. The van der Waals surface area contributed by atoms with E-state index in [-0.39, 0.29) is 10.2 Å². The van der Waals surface area contributed by atoms with Gasteiger partial charge in [0.25, 0.3) is 5.91 Å². The first kappa shape index (κ1) is 15.4. The third-order valence-corrected chi connectivity index (χ3v) is 3.40. The zero-order valence-electron chi connectivity index (χ0n) is 11.2. The zero-order valence-corrected chi connectivity index (χ0v) is 12.8. The van der Waals surface area contributed by atoms with E-state index in [1.54, 1.807) is 24.3 Å². The van der Waals surface area contributed by atoms with Crippen LogP contribution in [0.2, 0.25) is 0 Å². The van der Waals surface area contributed by atoms with Gasteiger partial charge in [0, 0.05) is 18.3 Å². The van der Waals surface area contributed by atoms with E-state index in [2.05, 4.69) is 26.6 Å². The minimum absolute atomic E-state index is 0.0826. The van der Waals surface area contributed by atoms with Gasteiger partial charge in [0.15, 0.2) is 0 Å². The van der Waals surface area contributed by atoms with Gasteiger partial charge in [-0.1, -0.05) is 12.1 Å². The Kier molecular flexibility index (Phi) is 4.90. The highest BCUT2D eigenvalue weighted by molar-refractivity contribution is 9.10. The maximum Gasteiger partial charge on any atom is 0.257 e. The molecule has 0 fully saturated rings. The van der Waals surface area contributed by atoms with E-state index in [1.807, 2.05) is 6.92 Å². The maximum absolute atomic E-state index is 13.7. The lowest BCUT2D eigenvalue weighted by molar-refractivity contribution is 0.102. The predicted molar refractivity (Wildman–Crippen MR) is 82.6 cm³/mol. The molecule has 0 spiro atoms. The van der Waals surface area contributed by atoms with Gasteiger partial charge in [-0.15, -0.1) is 0 Å². The van der Waals surface area contributed by atoms with Crippen molar-refractivity contribution in [2.45, 2.75) is 6.92 Å². The monoisotopic (exact) mass is 354 g/mol. The van der Waals surface area contributed by atoms with Crippen molar-refractivity contribution in [2.24, 2.45) is 0 Å². The van der Waals surface area contributed by atoms with Crippen molar-refractivity contribution >= 4 is 33.2 Å². The molecule has 0 heterocycles. The van der Waals surface area contributed by atoms with Gasteiger partial charge in [-0.05, 0) is 41.1 Å². The molecule has 2 rings (SSSR count). The molecule has 0 saturated heterocycles. The van der Waals surface area contributed by atoms with Crippen LogP contribution in [0, 0.1) is 11.6 Å². The molecule has 0 aromatic heterocycles. The lowest BCUT2D eigenvalue weighted by atomic mass is 10.1. The van der Waals surface area contributed by atoms with Gasteiger partial charge in [-0.2, -0.15) is 0 Å². The third kappa shape index (κ3) is 3.58. The standard InChI is InChI=1S/C15H13BrF2N2O/c1-2-19-13-6-4-3-5-9(13)15(21)20-14-7-10(16)11(17)8-12(14)18/h3-8,19H,2H2,1H3,(H,20,21). The summed E-state index contributed by atoms with van der Waals surface area (Å²) >= 11 is 2.96. The number of para-hydroxylation sites is 1. The number of hydrogen-bond donors (Lipinski definition) is 2. The Morgan fingerprint density at radius 3 is 2.57 bits per heavy atom.